The van der Waals surface area contributed by atoms with E-state index in [1.165, 1.54) is 4.90 Å². The molecule has 6 heteroatoms. The van der Waals surface area contributed by atoms with Gasteiger partial charge in [-0.05, 0) is 24.1 Å². The van der Waals surface area contributed by atoms with E-state index in [0.717, 1.165) is 6.42 Å². The first-order chi connectivity index (χ1) is 9.93. The average Bonchev–Trinajstić information content (AvgIpc) is 2.49. The van der Waals surface area contributed by atoms with E-state index in [0.29, 0.717) is 17.1 Å². The molecule has 2 amide bonds. The maximum Gasteiger partial charge on any atom is 0.264 e. The van der Waals surface area contributed by atoms with Crippen LogP contribution in [0.25, 0.3) is 0 Å². The van der Waals surface area contributed by atoms with Crippen LogP contribution in [0.15, 0.2) is 18.2 Å². The van der Waals surface area contributed by atoms with Crippen LogP contribution in [0.3, 0.4) is 0 Å². The quantitative estimate of drug-likeness (QED) is 0.877. The molecule has 114 valence electrons. The van der Waals surface area contributed by atoms with Gasteiger partial charge in [0.05, 0.1) is 11.7 Å². The highest BCUT2D eigenvalue weighted by molar-refractivity contribution is 6.00. The van der Waals surface area contributed by atoms with Crippen molar-refractivity contribution in [2.45, 2.75) is 26.3 Å². The summed E-state index contributed by atoms with van der Waals surface area (Å²) in [6.45, 7) is 3.97. The fourth-order valence-electron chi connectivity index (χ4n) is 2.09. The van der Waals surface area contributed by atoms with E-state index in [9.17, 15) is 9.59 Å². The van der Waals surface area contributed by atoms with Gasteiger partial charge in [-0.25, -0.2) is 0 Å². The zero-order valence-electron chi connectivity index (χ0n) is 12.6. The van der Waals surface area contributed by atoms with E-state index in [2.05, 4.69) is 5.32 Å². The molecule has 0 saturated carbocycles. The van der Waals surface area contributed by atoms with Gasteiger partial charge in [-0.3, -0.25) is 9.59 Å². The van der Waals surface area contributed by atoms with E-state index in [4.69, 9.17) is 10.5 Å². The Morgan fingerprint density at radius 3 is 2.90 bits per heavy atom. The number of nitrogens with two attached hydrogens (primary N) is 1. The van der Waals surface area contributed by atoms with Crippen LogP contribution in [0.2, 0.25) is 0 Å². The number of rotatable bonds is 4. The number of fused-ring (bicyclic) bond motifs is 1. The minimum Gasteiger partial charge on any atom is -0.482 e. The number of carbonyl (C=O) groups is 2. The van der Waals surface area contributed by atoms with Crippen LogP contribution in [0.5, 0.6) is 5.75 Å². The summed E-state index contributed by atoms with van der Waals surface area (Å²) in [6.07, 6.45) is 0.837. The molecule has 0 fully saturated rings. The molecule has 1 aromatic carbocycles. The van der Waals surface area contributed by atoms with E-state index >= 15 is 0 Å². The zero-order chi connectivity index (χ0) is 15.6. The van der Waals surface area contributed by atoms with Gasteiger partial charge in [0, 0.05) is 12.7 Å². The lowest BCUT2D eigenvalue weighted by Crippen LogP contribution is -2.40. The smallest absolute Gasteiger partial charge is 0.264 e. The summed E-state index contributed by atoms with van der Waals surface area (Å²) in [5, 5.41) is 2.78. The van der Waals surface area contributed by atoms with Gasteiger partial charge < -0.3 is 20.7 Å². The largest absolute Gasteiger partial charge is 0.482 e. The highest BCUT2D eigenvalue weighted by atomic mass is 16.5. The Morgan fingerprint density at radius 1 is 1.52 bits per heavy atom. The Kier molecular flexibility index (Phi) is 4.47. The maximum atomic E-state index is 12.1. The molecule has 1 aliphatic heterocycles. The number of carbonyl (C=O) groups excluding carboxylic acids is 2. The van der Waals surface area contributed by atoms with Crippen molar-refractivity contribution in [1.29, 1.82) is 0 Å². The second-order valence-electron chi connectivity index (χ2n) is 5.32. The number of anilines is 2. The standard InChI is InChI=1S/C15H21N3O3/c1-4-9(2)14(16)15(20)17-10-5-6-12-11(7-10)18(3)13(19)8-21-12/h5-7,9,14H,4,8,16H2,1-3H3,(H,17,20). The molecular formula is C15H21N3O3. The van der Waals surface area contributed by atoms with Crippen LogP contribution in [0, 0.1) is 5.92 Å². The van der Waals surface area contributed by atoms with Crippen LogP contribution in [-0.4, -0.2) is 31.5 Å². The zero-order valence-corrected chi connectivity index (χ0v) is 12.6. The van der Waals surface area contributed by atoms with Crippen LogP contribution in [0.4, 0.5) is 11.4 Å². The van der Waals surface area contributed by atoms with Crippen molar-refractivity contribution >= 4 is 23.2 Å². The maximum absolute atomic E-state index is 12.1. The second kappa shape index (κ2) is 6.13. The van der Waals surface area contributed by atoms with E-state index in [-0.39, 0.29) is 24.3 Å². The van der Waals surface area contributed by atoms with Gasteiger partial charge in [0.15, 0.2) is 6.61 Å². The summed E-state index contributed by atoms with van der Waals surface area (Å²) in [4.78, 5) is 25.2. The Labute approximate surface area is 124 Å². The average molecular weight is 291 g/mol. The van der Waals surface area contributed by atoms with Crippen molar-refractivity contribution in [3.63, 3.8) is 0 Å². The van der Waals surface area contributed by atoms with Crippen molar-refractivity contribution in [2.24, 2.45) is 11.7 Å². The van der Waals surface area contributed by atoms with Crippen LogP contribution >= 0.6 is 0 Å². The number of nitrogens with zero attached hydrogens (tertiary/aromatic N) is 1. The lowest BCUT2D eigenvalue weighted by Gasteiger charge is -2.26. The van der Waals surface area contributed by atoms with Gasteiger partial charge in [-0.1, -0.05) is 20.3 Å². The number of hydrogen-bond acceptors (Lipinski definition) is 4. The molecule has 6 nitrogen and oxygen atoms in total. The number of amides is 2. The fourth-order valence-corrected chi connectivity index (χ4v) is 2.09. The van der Waals surface area contributed by atoms with E-state index < -0.39 is 6.04 Å². The van der Waals surface area contributed by atoms with Gasteiger partial charge in [0.25, 0.3) is 5.91 Å². The summed E-state index contributed by atoms with van der Waals surface area (Å²) in [5.74, 6) is 0.383. The highest BCUT2D eigenvalue weighted by Crippen LogP contribution is 2.33. The molecule has 2 unspecified atom stereocenters. The molecule has 0 radical (unpaired) electrons. The summed E-state index contributed by atoms with van der Waals surface area (Å²) >= 11 is 0. The molecule has 0 aromatic heterocycles. The molecule has 0 bridgehead atoms. The minimum atomic E-state index is -0.554. The first kappa shape index (κ1) is 15.3. The lowest BCUT2D eigenvalue weighted by molar-refractivity contribution is -0.121. The molecule has 0 saturated heterocycles. The molecule has 2 rings (SSSR count). The normalized spacial score (nSPS) is 16.8. The molecule has 2 atom stereocenters. The van der Waals surface area contributed by atoms with Gasteiger partial charge >= 0.3 is 0 Å². The Bertz CT molecular complexity index is 559. The fraction of sp³-hybridized carbons (Fsp3) is 0.467. The van der Waals surface area contributed by atoms with E-state index in [1.54, 1.807) is 25.2 Å². The Hall–Kier alpha value is -2.08. The van der Waals surface area contributed by atoms with Crippen LogP contribution < -0.4 is 20.7 Å². The topological polar surface area (TPSA) is 84.7 Å². The molecule has 1 aliphatic rings. The molecule has 3 N–H and O–H groups in total. The van der Waals surface area contributed by atoms with Crippen molar-refractivity contribution in [2.75, 3.05) is 23.9 Å². The predicted molar refractivity (Wildman–Crippen MR) is 81.4 cm³/mol. The number of hydrogen-bond donors (Lipinski definition) is 2. The number of ether oxygens (including phenoxy) is 1. The first-order valence-electron chi connectivity index (χ1n) is 7.04. The Morgan fingerprint density at radius 2 is 2.24 bits per heavy atom. The van der Waals surface area contributed by atoms with Crippen LogP contribution in [-0.2, 0) is 9.59 Å². The monoisotopic (exact) mass is 291 g/mol. The predicted octanol–water partition coefficient (Wildman–Crippen LogP) is 1.35. The first-order valence-corrected chi connectivity index (χ1v) is 7.04. The lowest BCUT2D eigenvalue weighted by atomic mass is 9.99. The van der Waals surface area contributed by atoms with Gasteiger partial charge in [0.2, 0.25) is 5.91 Å². The summed E-state index contributed by atoms with van der Waals surface area (Å²) in [5.41, 5.74) is 7.14. The van der Waals surface area contributed by atoms with E-state index in [1.807, 2.05) is 13.8 Å². The summed E-state index contributed by atoms with van der Waals surface area (Å²) in [7, 11) is 1.68. The SMILES string of the molecule is CCC(C)C(N)C(=O)Nc1ccc2c(c1)N(C)C(=O)CO2. The number of likely N-dealkylation sites (N-methyl/N-ethyl adjacent to an activating group) is 1. The van der Waals surface area contributed by atoms with Gasteiger partial charge in [-0.2, -0.15) is 0 Å². The van der Waals surface area contributed by atoms with Crippen molar-refractivity contribution in [3.8, 4) is 5.75 Å². The van der Waals surface area contributed by atoms with Gasteiger partial charge in [0.1, 0.15) is 5.75 Å². The third-order valence-corrected chi connectivity index (χ3v) is 3.87. The summed E-state index contributed by atoms with van der Waals surface area (Å²) in [6, 6.07) is 4.64. The number of benzene rings is 1. The van der Waals surface area contributed by atoms with Gasteiger partial charge in [-0.15, -0.1) is 0 Å². The van der Waals surface area contributed by atoms with Crippen molar-refractivity contribution in [1.82, 2.24) is 0 Å². The number of nitrogens with one attached hydrogen (secondary N) is 1. The third kappa shape index (κ3) is 3.16. The molecular weight excluding hydrogens is 270 g/mol. The molecule has 21 heavy (non-hydrogen) atoms. The second-order valence-corrected chi connectivity index (χ2v) is 5.32. The minimum absolute atomic E-state index is 0.0358. The molecule has 0 aliphatic carbocycles. The molecule has 1 heterocycles. The molecule has 0 spiro atoms. The highest BCUT2D eigenvalue weighted by Gasteiger charge is 2.24. The van der Waals surface area contributed by atoms with Crippen LogP contribution in [0.1, 0.15) is 20.3 Å². The van der Waals surface area contributed by atoms with Crippen molar-refractivity contribution < 1.29 is 14.3 Å². The summed E-state index contributed by atoms with van der Waals surface area (Å²) < 4.78 is 5.34. The van der Waals surface area contributed by atoms with Crippen molar-refractivity contribution in [3.05, 3.63) is 18.2 Å². The Balaban J connectivity index is 2.15. The molecule has 1 aromatic rings. The third-order valence-electron chi connectivity index (χ3n) is 3.87.